The van der Waals surface area contributed by atoms with Crippen molar-refractivity contribution in [3.05, 3.63) is 57.3 Å². The van der Waals surface area contributed by atoms with Crippen molar-refractivity contribution in [2.24, 2.45) is 0 Å². The van der Waals surface area contributed by atoms with E-state index < -0.39 is 4.92 Å². The van der Waals surface area contributed by atoms with Gasteiger partial charge in [-0.05, 0) is 63.1 Å². The molecule has 0 fully saturated rings. The molecule has 1 aromatic carbocycles. The second kappa shape index (κ2) is 8.34. The molecular weight excluding hydrogens is 320 g/mol. The summed E-state index contributed by atoms with van der Waals surface area (Å²) in [6.07, 6.45) is 2.85. The summed E-state index contributed by atoms with van der Waals surface area (Å²) in [5.74, 6) is 0.285. The Morgan fingerprint density at radius 2 is 2.04 bits per heavy atom. The van der Waals surface area contributed by atoms with Crippen LogP contribution in [0.2, 0.25) is 0 Å². The Kier molecular flexibility index (Phi) is 6.19. The zero-order chi connectivity index (χ0) is 18.4. The van der Waals surface area contributed by atoms with Gasteiger partial charge in [-0.3, -0.25) is 10.1 Å². The van der Waals surface area contributed by atoms with Crippen LogP contribution in [0.25, 0.3) is 0 Å². The molecule has 0 aliphatic heterocycles. The first-order valence-electron chi connectivity index (χ1n) is 8.09. The molecule has 0 spiro atoms. The second-order valence-electron chi connectivity index (χ2n) is 5.73. The number of carbonyl (C=O) groups is 1. The van der Waals surface area contributed by atoms with Gasteiger partial charge in [-0.15, -0.1) is 0 Å². The van der Waals surface area contributed by atoms with Crippen LogP contribution in [0.4, 0.5) is 17.2 Å². The lowest BCUT2D eigenvalue weighted by atomic mass is 10.1. The maximum absolute atomic E-state index is 11.1. The Morgan fingerprint density at radius 3 is 2.68 bits per heavy atom. The van der Waals surface area contributed by atoms with Crippen molar-refractivity contribution < 1.29 is 9.72 Å². The normalized spacial score (nSPS) is 14.9. The summed E-state index contributed by atoms with van der Waals surface area (Å²) in [4.78, 5) is 23.7. The minimum Gasteiger partial charge on any atom is -0.334 e. The number of nitro groups is 1. The summed E-state index contributed by atoms with van der Waals surface area (Å²) in [6.45, 7) is 3.26. The molecule has 0 saturated carbocycles. The molecule has 1 unspecified atom stereocenters. The van der Waals surface area contributed by atoms with Crippen molar-refractivity contribution in [1.82, 2.24) is 10.3 Å². The Balaban J connectivity index is 0.000000701. The van der Waals surface area contributed by atoms with E-state index in [-0.39, 0.29) is 11.5 Å². The first kappa shape index (κ1) is 18.5. The smallest absolute Gasteiger partial charge is 0.311 e. The van der Waals surface area contributed by atoms with Crippen molar-refractivity contribution in [3.8, 4) is 0 Å². The predicted molar refractivity (Wildman–Crippen MR) is 97.2 cm³/mol. The molecule has 7 nitrogen and oxygen atoms in total. The maximum Gasteiger partial charge on any atom is 0.311 e. The van der Waals surface area contributed by atoms with Crippen LogP contribution in [0, 0.1) is 17.0 Å². The first-order chi connectivity index (χ1) is 12.0. The molecule has 7 heteroatoms. The average molecular weight is 342 g/mol. The van der Waals surface area contributed by atoms with Gasteiger partial charge >= 0.3 is 5.69 Å². The number of rotatable bonds is 4. The third-order valence-corrected chi connectivity index (χ3v) is 4.04. The highest BCUT2D eigenvalue weighted by Gasteiger charge is 2.21. The third-order valence-electron chi connectivity index (χ3n) is 4.04. The molecular formula is C18H22N4O3. The molecule has 0 radical (unpaired) electrons. The average Bonchev–Trinajstić information content (AvgIpc) is 2.97. The molecule has 1 aliphatic rings. The van der Waals surface area contributed by atoms with Gasteiger partial charge in [0.15, 0.2) is 0 Å². The number of nitrogens with one attached hydrogen (secondary N) is 2. The summed E-state index contributed by atoms with van der Waals surface area (Å²) >= 11 is 0. The zero-order valence-electron chi connectivity index (χ0n) is 14.6. The lowest BCUT2D eigenvalue weighted by molar-refractivity contribution is -0.384. The van der Waals surface area contributed by atoms with Crippen LogP contribution in [0.3, 0.4) is 0 Å². The SMILES string of the molecule is CC=O.CNC1CCc2cc(Nc3nc(C)ccc3[N+](=O)[O-])ccc21. The number of benzene rings is 1. The van der Waals surface area contributed by atoms with Crippen LogP contribution in [0.1, 0.15) is 36.2 Å². The highest BCUT2D eigenvalue weighted by atomic mass is 16.6. The van der Waals surface area contributed by atoms with Gasteiger partial charge in [0.2, 0.25) is 5.82 Å². The molecule has 0 bridgehead atoms. The van der Waals surface area contributed by atoms with Gasteiger partial charge in [0.25, 0.3) is 0 Å². The standard InChI is InChI=1S/C16H18N4O2.C2H4O/c1-10-3-8-15(20(21)22)16(18-10)19-12-5-6-13-11(9-12)4-7-14(13)17-2;1-2-3/h3,5-6,8-9,14,17H,4,7H2,1-2H3,(H,18,19);2H,1H3. The summed E-state index contributed by atoms with van der Waals surface area (Å²) in [5, 5.41) is 17.5. The largest absolute Gasteiger partial charge is 0.334 e. The molecule has 1 aromatic heterocycles. The van der Waals surface area contributed by atoms with Gasteiger partial charge in [0, 0.05) is 23.5 Å². The number of aryl methyl sites for hydroxylation is 2. The lowest BCUT2D eigenvalue weighted by Gasteiger charge is -2.12. The van der Waals surface area contributed by atoms with E-state index in [0.717, 1.165) is 30.5 Å². The van der Waals surface area contributed by atoms with Crippen LogP contribution in [0.5, 0.6) is 0 Å². The van der Waals surface area contributed by atoms with Crippen LogP contribution in [-0.2, 0) is 11.2 Å². The fourth-order valence-electron chi connectivity index (χ4n) is 2.92. The monoisotopic (exact) mass is 342 g/mol. The first-order valence-corrected chi connectivity index (χ1v) is 8.09. The van der Waals surface area contributed by atoms with Crippen molar-refractivity contribution >= 4 is 23.5 Å². The molecule has 0 amide bonds. The molecule has 132 valence electrons. The number of fused-ring (bicyclic) bond motifs is 1. The summed E-state index contributed by atoms with van der Waals surface area (Å²) in [7, 11) is 1.96. The molecule has 25 heavy (non-hydrogen) atoms. The van der Waals surface area contributed by atoms with E-state index in [1.165, 1.54) is 24.1 Å². The van der Waals surface area contributed by atoms with Gasteiger partial charge in [-0.1, -0.05) is 6.07 Å². The van der Waals surface area contributed by atoms with Crippen LogP contribution in [0.15, 0.2) is 30.3 Å². The topological polar surface area (TPSA) is 97.2 Å². The Hall–Kier alpha value is -2.80. The molecule has 2 aromatic rings. The summed E-state index contributed by atoms with van der Waals surface area (Å²) in [5.41, 5.74) is 4.14. The van der Waals surface area contributed by atoms with E-state index in [9.17, 15) is 10.1 Å². The number of aldehydes is 1. The quantitative estimate of drug-likeness (QED) is 0.502. The number of aromatic nitrogens is 1. The van der Waals surface area contributed by atoms with E-state index in [1.807, 2.05) is 20.0 Å². The third kappa shape index (κ3) is 4.39. The highest BCUT2D eigenvalue weighted by Crippen LogP contribution is 2.34. The molecule has 3 rings (SSSR count). The van der Waals surface area contributed by atoms with Gasteiger partial charge in [0.1, 0.15) is 6.29 Å². The Labute approximate surface area is 146 Å². The summed E-state index contributed by atoms with van der Waals surface area (Å²) < 4.78 is 0. The van der Waals surface area contributed by atoms with Crippen molar-refractivity contribution in [2.75, 3.05) is 12.4 Å². The Bertz CT molecular complexity index is 777. The van der Waals surface area contributed by atoms with Crippen molar-refractivity contribution in [1.29, 1.82) is 0 Å². The number of carbonyl (C=O) groups excluding carboxylic acids is 1. The fraction of sp³-hybridized carbons (Fsp3) is 0.333. The predicted octanol–water partition coefficient (Wildman–Crippen LogP) is 3.45. The lowest BCUT2D eigenvalue weighted by Crippen LogP contribution is -2.12. The maximum atomic E-state index is 11.1. The Morgan fingerprint density at radius 1 is 1.32 bits per heavy atom. The van der Waals surface area contributed by atoms with E-state index in [4.69, 9.17) is 4.79 Å². The number of anilines is 2. The van der Waals surface area contributed by atoms with Crippen molar-refractivity contribution in [2.45, 2.75) is 32.7 Å². The number of hydrogen-bond acceptors (Lipinski definition) is 6. The molecule has 0 saturated heterocycles. The molecule has 1 aliphatic carbocycles. The minimum atomic E-state index is -0.417. The van der Waals surface area contributed by atoms with E-state index in [2.05, 4.69) is 27.8 Å². The fourth-order valence-corrected chi connectivity index (χ4v) is 2.92. The van der Waals surface area contributed by atoms with Crippen LogP contribution in [-0.4, -0.2) is 23.2 Å². The number of pyridine rings is 1. The van der Waals surface area contributed by atoms with E-state index in [1.54, 1.807) is 6.07 Å². The minimum absolute atomic E-state index is 0.0146. The van der Waals surface area contributed by atoms with Crippen LogP contribution < -0.4 is 10.6 Å². The van der Waals surface area contributed by atoms with Crippen LogP contribution >= 0.6 is 0 Å². The van der Waals surface area contributed by atoms with Crippen molar-refractivity contribution in [3.63, 3.8) is 0 Å². The second-order valence-corrected chi connectivity index (χ2v) is 5.73. The molecule has 1 atom stereocenters. The van der Waals surface area contributed by atoms with Gasteiger partial charge < -0.3 is 15.4 Å². The number of nitrogens with zero attached hydrogens (tertiary/aromatic N) is 2. The zero-order valence-corrected chi connectivity index (χ0v) is 14.6. The highest BCUT2D eigenvalue weighted by molar-refractivity contribution is 5.66. The van der Waals surface area contributed by atoms with E-state index in [0.29, 0.717) is 6.04 Å². The van der Waals surface area contributed by atoms with Gasteiger partial charge in [-0.2, -0.15) is 0 Å². The van der Waals surface area contributed by atoms with E-state index >= 15 is 0 Å². The van der Waals surface area contributed by atoms with Gasteiger partial charge in [0.05, 0.1) is 4.92 Å². The molecule has 2 N–H and O–H groups in total. The molecule has 1 heterocycles. The number of hydrogen-bond donors (Lipinski definition) is 2. The van der Waals surface area contributed by atoms with Gasteiger partial charge in [-0.25, -0.2) is 4.98 Å². The summed E-state index contributed by atoms with van der Waals surface area (Å²) in [6, 6.07) is 9.60.